The van der Waals surface area contributed by atoms with Crippen LogP contribution in [0.1, 0.15) is 48.9 Å². The highest BCUT2D eigenvalue weighted by Crippen LogP contribution is 2.15. The van der Waals surface area contributed by atoms with Crippen LogP contribution in [0, 0.1) is 19.3 Å². The van der Waals surface area contributed by atoms with Gasteiger partial charge in [-0.25, -0.2) is 0 Å². The molecule has 29 heavy (non-hydrogen) atoms. The topological polar surface area (TPSA) is 32.3 Å². The molecule has 0 spiro atoms. The summed E-state index contributed by atoms with van der Waals surface area (Å²) >= 11 is 0. The number of hydrogen-bond acceptors (Lipinski definition) is 2. The maximum Gasteiger partial charge on any atom is 0.220 e. The van der Waals surface area contributed by atoms with Gasteiger partial charge in [-0.2, -0.15) is 0 Å². The highest BCUT2D eigenvalue weighted by molar-refractivity contribution is 5.75. The Hall–Kier alpha value is -2.57. The second-order valence-electron chi connectivity index (χ2n) is 8.25. The Labute approximate surface area is 176 Å². The molecule has 3 nitrogen and oxygen atoms in total. The van der Waals surface area contributed by atoms with Gasteiger partial charge in [0.1, 0.15) is 0 Å². The van der Waals surface area contributed by atoms with Crippen molar-refractivity contribution in [2.24, 2.45) is 0 Å². The first-order chi connectivity index (χ1) is 13.8. The summed E-state index contributed by atoms with van der Waals surface area (Å²) < 4.78 is 0. The summed E-state index contributed by atoms with van der Waals surface area (Å²) in [6.07, 6.45) is 8.82. The van der Waals surface area contributed by atoms with E-state index in [-0.39, 0.29) is 11.4 Å². The predicted octanol–water partition coefficient (Wildman–Crippen LogP) is 4.37. The zero-order valence-corrected chi connectivity index (χ0v) is 18.3. The van der Waals surface area contributed by atoms with Crippen LogP contribution in [0.5, 0.6) is 0 Å². The quantitative estimate of drug-likeness (QED) is 0.611. The predicted molar refractivity (Wildman–Crippen MR) is 122 cm³/mol. The van der Waals surface area contributed by atoms with Gasteiger partial charge >= 0.3 is 0 Å². The lowest BCUT2D eigenvalue weighted by atomic mass is 9.99. The third-order valence-electron chi connectivity index (χ3n) is 5.63. The number of nitrogens with zero attached hydrogens (tertiary/aromatic N) is 1. The molecule has 0 saturated heterocycles. The minimum Gasteiger partial charge on any atom is -0.355 e. The van der Waals surface area contributed by atoms with E-state index in [4.69, 9.17) is 6.42 Å². The van der Waals surface area contributed by atoms with Crippen LogP contribution >= 0.6 is 0 Å². The van der Waals surface area contributed by atoms with Gasteiger partial charge in [-0.05, 0) is 69.3 Å². The fourth-order valence-corrected chi connectivity index (χ4v) is 3.15. The SMILES string of the molecule is C#CC(C)(C)N(C)CCNC(=O)CCCc1ccc(Cc2ccccc2C)cc1. The van der Waals surface area contributed by atoms with Gasteiger partial charge in [-0.3, -0.25) is 9.69 Å². The Morgan fingerprint density at radius 1 is 1.10 bits per heavy atom. The van der Waals surface area contributed by atoms with Gasteiger partial charge in [0.25, 0.3) is 0 Å². The number of benzene rings is 2. The van der Waals surface area contributed by atoms with Crippen LogP contribution < -0.4 is 5.32 Å². The van der Waals surface area contributed by atoms with Crippen molar-refractivity contribution in [1.29, 1.82) is 0 Å². The Morgan fingerprint density at radius 2 is 1.76 bits per heavy atom. The molecule has 1 amide bonds. The minimum absolute atomic E-state index is 0.105. The molecular formula is C26H34N2O. The fourth-order valence-electron chi connectivity index (χ4n) is 3.15. The van der Waals surface area contributed by atoms with Crippen LogP contribution in [0.15, 0.2) is 48.5 Å². The van der Waals surface area contributed by atoms with Crippen molar-refractivity contribution < 1.29 is 4.79 Å². The number of aryl methyl sites for hydroxylation is 2. The van der Waals surface area contributed by atoms with Gasteiger partial charge in [0.2, 0.25) is 5.91 Å². The van der Waals surface area contributed by atoms with E-state index in [2.05, 4.69) is 71.6 Å². The van der Waals surface area contributed by atoms with Crippen molar-refractivity contribution in [3.8, 4) is 12.3 Å². The van der Waals surface area contributed by atoms with E-state index in [1.54, 1.807) is 0 Å². The van der Waals surface area contributed by atoms with Gasteiger partial charge in [-0.15, -0.1) is 6.42 Å². The summed E-state index contributed by atoms with van der Waals surface area (Å²) in [6.45, 7) is 7.52. The molecule has 2 aromatic carbocycles. The van der Waals surface area contributed by atoms with Gasteiger partial charge < -0.3 is 5.32 Å². The van der Waals surface area contributed by atoms with E-state index in [1.807, 2.05) is 20.9 Å². The second-order valence-corrected chi connectivity index (χ2v) is 8.25. The van der Waals surface area contributed by atoms with Crippen molar-refractivity contribution >= 4 is 5.91 Å². The van der Waals surface area contributed by atoms with Crippen LogP contribution in [0.4, 0.5) is 0 Å². The third kappa shape index (κ3) is 7.40. The van der Waals surface area contributed by atoms with E-state index >= 15 is 0 Å². The number of carbonyl (C=O) groups is 1. The first-order valence-electron chi connectivity index (χ1n) is 10.4. The normalized spacial score (nSPS) is 11.3. The van der Waals surface area contributed by atoms with Crippen molar-refractivity contribution in [1.82, 2.24) is 10.2 Å². The number of nitrogens with one attached hydrogen (secondary N) is 1. The molecule has 0 bridgehead atoms. The maximum atomic E-state index is 12.1. The number of likely N-dealkylation sites (N-methyl/N-ethyl adjacent to an activating group) is 1. The Balaban J connectivity index is 1.69. The molecular weight excluding hydrogens is 356 g/mol. The highest BCUT2D eigenvalue weighted by Gasteiger charge is 2.19. The molecule has 0 aliphatic carbocycles. The van der Waals surface area contributed by atoms with Crippen LogP contribution in [0.3, 0.4) is 0 Å². The maximum absolute atomic E-state index is 12.1. The third-order valence-corrected chi connectivity index (χ3v) is 5.63. The molecule has 0 unspecified atom stereocenters. The lowest BCUT2D eigenvalue weighted by molar-refractivity contribution is -0.121. The molecule has 0 atom stereocenters. The van der Waals surface area contributed by atoms with Crippen molar-refractivity contribution in [2.75, 3.05) is 20.1 Å². The molecule has 2 rings (SSSR count). The Morgan fingerprint density at radius 3 is 2.41 bits per heavy atom. The first-order valence-corrected chi connectivity index (χ1v) is 10.4. The molecule has 154 valence electrons. The average molecular weight is 391 g/mol. The Bertz CT molecular complexity index is 831. The highest BCUT2D eigenvalue weighted by atomic mass is 16.1. The van der Waals surface area contributed by atoms with Crippen molar-refractivity contribution in [3.05, 3.63) is 70.8 Å². The minimum atomic E-state index is -0.296. The van der Waals surface area contributed by atoms with Crippen LogP contribution in [-0.4, -0.2) is 36.5 Å². The van der Waals surface area contributed by atoms with Crippen molar-refractivity contribution in [3.63, 3.8) is 0 Å². The average Bonchev–Trinajstić information content (AvgIpc) is 2.71. The molecule has 0 aromatic heterocycles. The van der Waals surface area contributed by atoms with Gasteiger partial charge in [-0.1, -0.05) is 54.5 Å². The van der Waals surface area contributed by atoms with E-state index in [1.165, 1.54) is 22.3 Å². The molecule has 0 aliphatic heterocycles. The molecule has 2 aromatic rings. The van der Waals surface area contributed by atoms with E-state index in [0.717, 1.165) is 25.8 Å². The van der Waals surface area contributed by atoms with Gasteiger partial charge in [0.05, 0.1) is 5.54 Å². The summed E-state index contributed by atoms with van der Waals surface area (Å²) in [7, 11) is 1.98. The van der Waals surface area contributed by atoms with Crippen LogP contribution in [-0.2, 0) is 17.6 Å². The van der Waals surface area contributed by atoms with Gasteiger partial charge in [0.15, 0.2) is 0 Å². The molecule has 3 heteroatoms. The largest absolute Gasteiger partial charge is 0.355 e. The molecule has 0 fully saturated rings. The molecule has 0 heterocycles. The smallest absolute Gasteiger partial charge is 0.220 e. The number of rotatable bonds is 10. The molecule has 0 aliphatic rings. The molecule has 0 saturated carbocycles. The van der Waals surface area contributed by atoms with Crippen molar-refractivity contribution in [2.45, 2.75) is 52.0 Å². The van der Waals surface area contributed by atoms with Crippen LogP contribution in [0.25, 0.3) is 0 Å². The monoisotopic (exact) mass is 390 g/mol. The molecule has 0 radical (unpaired) electrons. The lowest BCUT2D eigenvalue weighted by Gasteiger charge is -2.30. The standard InChI is InChI=1S/C26H34N2O/c1-6-26(3,4)28(5)19-18-27-25(29)13-9-11-22-14-16-23(17-15-22)20-24-12-8-7-10-21(24)2/h1,7-8,10,12,14-17H,9,11,13,18-20H2,2-5H3,(H,27,29). The Kier molecular flexibility index (Phi) is 8.49. The number of carbonyl (C=O) groups excluding carboxylic acids is 1. The molecule has 1 N–H and O–H groups in total. The summed E-state index contributed by atoms with van der Waals surface area (Å²) in [4.78, 5) is 14.1. The van der Waals surface area contributed by atoms with E-state index in [9.17, 15) is 4.79 Å². The number of amides is 1. The van der Waals surface area contributed by atoms with Gasteiger partial charge in [0, 0.05) is 19.5 Å². The summed E-state index contributed by atoms with van der Waals surface area (Å²) in [5, 5.41) is 2.99. The number of hydrogen-bond donors (Lipinski definition) is 1. The summed E-state index contributed by atoms with van der Waals surface area (Å²) in [5.74, 6) is 2.87. The second kappa shape index (κ2) is 10.8. The zero-order valence-electron chi connectivity index (χ0n) is 18.3. The van der Waals surface area contributed by atoms with E-state index < -0.39 is 0 Å². The lowest BCUT2D eigenvalue weighted by Crippen LogP contribution is -2.44. The van der Waals surface area contributed by atoms with Crippen LogP contribution in [0.2, 0.25) is 0 Å². The fraction of sp³-hybridized carbons (Fsp3) is 0.423. The first kappa shape index (κ1) is 22.7. The number of terminal acetylenes is 1. The summed E-state index contributed by atoms with van der Waals surface area (Å²) in [6, 6.07) is 17.3. The summed E-state index contributed by atoms with van der Waals surface area (Å²) in [5.41, 5.74) is 5.00. The van der Waals surface area contributed by atoms with E-state index in [0.29, 0.717) is 13.0 Å². The zero-order chi connectivity index (χ0) is 21.3.